The molecule has 58 valence electrons. The first-order chi connectivity index (χ1) is 5.30. The van der Waals surface area contributed by atoms with E-state index in [0.29, 0.717) is 0 Å². The van der Waals surface area contributed by atoms with Gasteiger partial charge < -0.3 is 5.01 Å². The number of hydrogen-bond donors (Lipinski definition) is 1. The van der Waals surface area contributed by atoms with Crippen LogP contribution >= 0.6 is 0 Å². The molecule has 0 bridgehead atoms. The average Bonchev–Trinajstić information content (AvgIpc) is 2.10. The van der Waals surface area contributed by atoms with Crippen LogP contribution in [0.2, 0.25) is 0 Å². The molecule has 1 rings (SSSR count). The van der Waals surface area contributed by atoms with Gasteiger partial charge in [-0.3, -0.25) is 0 Å². The van der Waals surface area contributed by atoms with E-state index in [0.717, 1.165) is 5.69 Å². The molecule has 0 spiro atoms. The second-order valence-electron chi connectivity index (χ2n) is 1.95. The third-order valence-electron chi connectivity index (χ3n) is 1.16. The maximum Gasteiger partial charge on any atom is 0.0513 e. The zero-order chi connectivity index (χ0) is 8.69. The molecule has 1 aromatic rings. The SMILES string of the molecule is C#C.CN(N)c1ccccc1. The highest BCUT2D eigenvalue weighted by molar-refractivity contribution is 5.42. The number of hydrogen-bond acceptors (Lipinski definition) is 2. The van der Waals surface area contributed by atoms with Gasteiger partial charge in [-0.2, -0.15) is 0 Å². The van der Waals surface area contributed by atoms with Crippen LogP contribution in [0.15, 0.2) is 30.3 Å². The van der Waals surface area contributed by atoms with Crippen LogP contribution in [0.5, 0.6) is 0 Å². The van der Waals surface area contributed by atoms with Gasteiger partial charge in [-0.1, -0.05) is 18.2 Å². The summed E-state index contributed by atoms with van der Waals surface area (Å²) >= 11 is 0. The van der Waals surface area contributed by atoms with Crippen molar-refractivity contribution >= 4 is 5.69 Å². The molecule has 0 saturated heterocycles. The van der Waals surface area contributed by atoms with E-state index in [4.69, 9.17) is 5.84 Å². The van der Waals surface area contributed by atoms with E-state index in [1.807, 2.05) is 37.4 Å². The Bertz CT molecular complexity index is 201. The molecule has 0 fully saturated rings. The number of rotatable bonds is 1. The maximum absolute atomic E-state index is 5.45. The summed E-state index contributed by atoms with van der Waals surface area (Å²) in [6.07, 6.45) is 8.00. The Morgan fingerprint density at radius 3 is 1.91 bits per heavy atom. The molecule has 0 aliphatic heterocycles. The van der Waals surface area contributed by atoms with Crippen molar-refractivity contribution in [3.8, 4) is 12.8 Å². The number of benzene rings is 1. The number of hydrazine groups is 1. The zero-order valence-corrected chi connectivity index (χ0v) is 6.57. The van der Waals surface area contributed by atoms with Crippen molar-refractivity contribution in [1.29, 1.82) is 0 Å². The van der Waals surface area contributed by atoms with Crippen molar-refractivity contribution in [2.45, 2.75) is 0 Å². The number of nitrogens with two attached hydrogens (primary N) is 1. The predicted molar refractivity (Wildman–Crippen MR) is 48.9 cm³/mol. The summed E-state index contributed by atoms with van der Waals surface area (Å²) in [5, 5.41) is 1.58. The van der Waals surface area contributed by atoms with Crippen LogP contribution in [0.4, 0.5) is 5.69 Å². The van der Waals surface area contributed by atoms with Crippen molar-refractivity contribution in [2.75, 3.05) is 12.1 Å². The van der Waals surface area contributed by atoms with E-state index in [1.165, 1.54) is 0 Å². The Morgan fingerprint density at radius 2 is 1.64 bits per heavy atom. The van der Waals surface area contributed by atoms with Gasteiger partial charge in [0.2, 0.25) is 0 Å². The Kier molecular flexibility index (Phi) is 4.63. The van der Waals surface area contributed by atoms with Crippen molar-refractivity contribution < 1.29 is 0 Å². The first-order valence-electron chi connectivity index (χ1n) is 3.17. The van der Waals surface area contributed by atoms with Gasteiger partial charge in [-0.05, 0) is 12.1 Å². The molecule has 0 atom stereocenters. The minimum absolute atomic E-state index is 1.03. The summed E-state index contributed by atoms with van der Waals surface area (Å²) in [5.74, 6) is 5.45. The smallest absolute Gasteiger partial charge is 0.0513 e. The van der Waals surface area contributed by atoms with Crippen LogP contribution in [-0.2, 0) is 0 Å². The molecule has 0 amide bonds. The minimum atomic E-state index is 1.03. The van der Waals surface area contributed by atoms with E-state index in [2.05, 4.69) is 12.8 Å². The molecule has 1 aromatic carbocycles. The Labute approximate surface area is 67.6 Å². The molecule has 0 heterocycles. The zero-order valence-electron chi connectivity index (χ0n) is 6.57. The number of para-hydroxylation sites is 1. The third-order valence-corrected chi connectivity index (χ3v) is 1.16. The summed E-state index contributed by atoms with van der Waals surface area (Å²) in [4.78, 5) is 0. The third kappa shape index (κ3) is 3.29. The predicted octanol–water partition coefficient (Wildman–Crippen LogP) is 1.25. The first-order valence-corrected chi connectivity index (χ1v) is 3.17. The number of nitrogens with zero attached hydrogens (tertiary/aromatic N) is 1. The van der Waals surface area contributed by atoms with Gasteiger partial charge in [0.15, 0.2) is 0 Å². The van der Waals surface area contributed by atoms with Gasteiger partial charge in [-0.15, -0.1) is 12.8 Å². The first kappa shape index (κ1) is 9.54. The maximum atomic E-state index is 5.45. The number of terminal acetylenes is 1. The van der Waals surface area contributed by atoms with Crippen molar-refractivity contribution in [3.63, 3.8) is 0 Å². The lowest BCUT2D eigenvalue weighted by Crippen LogP contribution is -2.24. The standard InChI is InChI=1S/C7H10N2.C2H2/c1-9(8)7-5-3-2-4-6-7;1-2/h2-6H,8H2,1H3;1-2H. The minimum Gasteiger partial charge on any atom is -0.314 e. The van der Waals surface area contributed by atoms with E-state index in [1.54, 1.807) is 5.01 Å². The van der Waals surface area contributed by atoms with Gasteiger partial charge in [-0.25, -0.2) is 5.84 Å². The Hall–Kier alpha value is -1.46. The largest absolute Gasteiger partial charge is 0.314 e. The van der Waals surface area contributed by atoms with Crippen molar-refractivity contribution in [1.82, 2.24) is 0 Å². The summed E-state index contributed by atoms with van der Waals surface area (Å²) in [7, 11) is 1.81. The van der Waals surface area contributed by atoms with Crippen molar-refractivity contribution in [2.24, 2.45) is 5.84 Å². The lowest BCUT2D eigenvalue weighted by atomic mass is 10.3. The number of anilines is 1. The topological polar surface area (TPSA) is 29.3 Å². The van der Waals surface area contributed by atoms with Gasteiger partial charge >= 0.3 is 0 Å². The normalized spacial score (nSPS) is 7.64. The molecule has 2 nitrogen and oxygen atoms in total. The van der Waals surface area contributed by atoms with Crippen LogP contribution in [0.25, 0.3) is 0 Å². The van der Waals surface area contributed by atoms with E-state index in [-0.39, 0.29) is 0 Å². The molecule has 0 aromatic heterocycles. The Morgan fingerprint density at radius 1 is 1.18 bits per heavy atom. The van der Waals surface area contributed by atoms with E-state index < -0.39 is 0 Å². The molecular weight excluding hydrogens is 136 g/mol. The molecule has 11 heavy (non-hydrogen) atoms. The van der Waals surface area contributed by atoms with Gasteiger partial charge in [0.05, 0.1) is 5.69 Å². The van der Waals surface area contributed by atoms with Crippen LogP contribution in [0, 0.1) is 12.8 Å². The second kappa shape index (κ2) is 5.33. The fourth-order valence-electron chi connectivity index (χ4n) is 0.663. The monoisotopic (exact) mass is 148 g/mol. The van der Waals surface area contributed by atoms with E-state index >= 15 is 0 Å². The van der Waals surface area contributed by atoms with Crippen LogP contribution < -0.4 is 10.9 Å². The molecule has 2 N–H and O–H groups in total. The summed E-state index contributed by atoms with van der Waals surface area (Å²) in [6, 6.07) is 9.80. The van der Waals surface area contributed by atoms with Crippen LogP contribution in [-0.4, -0.2) is 7.05 Å². The fraction of sp³-hybridized carbons (Fsp3) is 0.111. The summed E-state index contributed by atoms with van der Waals surface area (Å²) < 4.78 is 0. The van der Waals surface area contributed by atoms with E-state index in [9.17, 15) is 0 Å². The highest BCUT2D eigenvalue weighted by atomic mass is 15.4. The second-order valence-corrected chi connectivity index (χ2v) is 1.95. The quantitative estimate of drug-likeness (QED) is 0.369. The average molecular weight is 148 g/mol. The van der Waals surface area contributed by atoms with Gasteiger partial charge in [0, 0.05) is 7.05 Å². The Balaban J connectivity index is 0.000000461. The lowest BCUT2D eigenvalue weighted by Gasteiger charge is -2.09. The molecular formula is C9H12N2. The molecule has 0 saturated carbocycles. The lowest BCUT2D eigenvalue weighted by molar-refractivity contribution is 1.02. The highest BCUT2D eigenvalue weighted by Crippen LogP contribution is 2.05. The van der Waals surface area contributed by atoms with Crippen LogP contribution in [0.1, 0.15) is 0 Å². The molecule has 0 unspecified atom stereocenters. The summed E-state index contributed by atoms with van der Waals surface area (Å²) in [6.45, 7) is 0. The fourth-order valence-corrected chi connectivity index (χ4v) is 0.663. The summed E-state index contributed by atoms with van der Waals surface area (Å²) in [5.41, 5.74) is 1.03. The molecule has 0 radical (unpaired) electrons. The highest BCUT2D eigenvalue weighted by Gasteiger charge is 1.88. The molecule has 2 heteroatoms. The molecule has 0 aliphatic carbocycles. The molecule has 0 aliphatic rings. The van der Waals surface area contributed by atoms with Crippen LogP contribution in [0.3, 0.4) is 0 Å². The van der Waals surface area contributed by atoms with Crippen molar-refractivity contribution in [3.05, 3.63) is 30.3 Å². The van der Waals surface area contributed by atoms with Gasteiger partial charge in [0.1, 0.15) is 0 Å². The van der Waals surface area contributed by atoms with Gasteiger partial charge in [0.25, 0.3) is 0 Å².